The van der Waals surface area contributed by atoms with E-state index in [2.05, 4.69) is 24.3 Å². The van der Waals surface area contributed by atoms with Crippen molar-refractivity contribution in [3.63, 3.8) is 0 Å². The Labute approximate surface area is 115 Å². The number of ether oxygens (including phenoxy) is 1. The molecule has 0 saturated heterocycles. The van der Waals surface area contributed by atoms with Crippen LogP contribution >= 0.6 is 11.6 Å². The molecule has 0 fully saturated rings. The Hall–Kier alpha value is -0.580. The SMILES string of the molecule is Cc1nn(C)c(CNCCOCCC(C)C)c1Cl. The minimum atomic E-state index is 0.703. The van der Waals surface area contributed by atoms with E-state index in [1.165, 1.54) is 0 Å². The summed E-state index contributed by atoms with van der Waals surface area (Å²) in [4.78, 5) is 0. The first-order chi connectivity index (χ1) is 8.52. The van der Waals surface area contributed by atoms with Crippen molar-refractivity contribution < 1.29 is 4.74 Å². The molecule has 0 aliphatic carbocycles. The third-order valence-corrected chi connectivity index (χ3v) is 3.31. The normalized spacial score (nSPS) is 11.4. The van der Waals surface area contributed by atoms with Crippen LogP contribution in [0.15, 0.2) is 0 Å². The highest BCUT2D eigenvalue weighted by atomic mass is 35.5. The van der Waals surface area contributed by atoms with E-state index in [0.29, 0.717) is 5.92 Å². The molecule has 18 heavy (non-hydrogen) atoms. The standard InChI is InChI=1S/C13H24ClN3O/c1-10(2)5-7-18-8-6-15-9-12-13(14)11(3)16-17(12)4/h10,15H,5-9H2,1-4H3. The van der Waals surface area contributed by atoms with E-state index in [1.807, 2.05) is 18.7 Å². The Balaban J connectivity index is 2.14. The summed E-state index contributed by atoms with van der Waals surface area (Å²) >= 11 is 6.16. The average molecular weight is 274 g/mol. The zero-order chi connectivity index (χ0) is 13.5. The minimum Gasteiger partial charge on any atom is -0.380 e. The van der Waals surface area contributed by atoms with Crippen LogP contribution in [0.2, 0.25) is 5.02 Å². The summed E-state index contributed by atoms with van der Waals surface area (Å²) in [5.74, 6) is 0.703. The molecule has 5 heteroatoms. The highest BCUT2D eigenvalue weighted by Crippen LogP contribution is 2.18. The monoisotopic (exact) mass is 273 g/mol. The lowest BCUT2D eigenvalue weighted by Crippen LogP contribution is -2.21. The topological polar surface area (TPSA) is 39.1 Å². The molecule has 1 heterocycles. The van der Waals surface area contributed by atoms with E-state index in [1.54, 1.807) is 0 Å². The van der Waals surface area contributed by atoms with Crippen molar-refractivity contribution in [2.75, 3.05) is 19.8 Å². The zero-order valence-electron chi connectivity index (χ0n) is 11.8. The van der Waals surface area contributed by atoms with E-state index in [4.69, 9.17) is 16.3 Å². The van der Waals surface area contributed by atoms with E-state index < -0.39 is 0 Å². The molecular formula is C13H24ClN3O. The molecule has 0 radical (unpaired) electrons. The van der Waals surface area contributed by atoms with Gasteiger partial charge in [0.25, 0.3) is 0 Å². The number of hydrogen-bond donors (Lipinski definition) is 1. The largest absolute Gasteiger partial charge is 0.380 e. The third kappa shape index (κ3) is 4.96. The summed E-state index contributed by atoms with van der Waals surface area (Å²) in [6, 6.07) is 0. The van der Waals surface area contributed by atoms with Crippen molar-refractivity contribution in [2.24, 2.45) is 13.0 Å². The summed E-state index contributed by atoms with van der Waals surface area (Å²) in [5.41, 5.74) is 1.90. The molecule has 0 aliphatic rings. The second-order valence-electron chi connectivity index (χ2n) is 4.94. The highest BCUT2D eigenvalue weighted by molar-refractivity contribution is 6.31. The van der Waals surface area contributed by atoms with Gasteiger partial charge in [-0.2, -0.15) is 5.10 Å². The molecule has 1 rings (SSSR count). The summed E-state index contributed by atoms with van der Waals surface area (Å²) in [6.07, 6.45) is 1.12. The quantitative estimate of drug-likeness (QED) is 0.740. The highest BCUT2D eigenvalue weighted by Gasteiger charge is 2.09. The Morgan fingerprint density at radius 2 is 2.11 bits per heavy atom. The van der Waals surface area contributed by atoms with Gasteiger partial charge in [-0.3, -0.25) is 4.68 Å². The lowest BCUT2D eigenvalue weighted by atomic mass is 10.1. The van der Waals surface area contributed by atoms with Gasteiger partial charge in [-0.05, 0) is 19.3 Å². The molecule has 0 bridgehead atoms. The number of aryl methyl sites for hydroxylation is 2. The van der Waals surface area contributed by atoms with Crippen LogP contribution in [-0.4, -0.2) is 29.5 Å². The van der Waals surface area contributed by atoms with E-state index in [-0.39, 0.29) is 0 Å². The Morgan fingerprint density at radius 1 is 1.39 bits per heavy atom. The maximum atomic E-state index is 6.16. The van der Waals surface area contributed by atoms with Crippen LogP contribution < -0.4 is 5.32 Å². The summed E-state index contributed by atoms with van der Waals surface area (Å²) in [7, 11) is 1.91. The van der Waals surface area contributed by atoms with Crippen LogP contribution in [0.5, 0.6) is 0 Å². The van der Waals surface area contributed by atoms with Gasteiger partial charge in [0.05, 0.1) is 23.0 Å². The summed E-state index contributed by atoms with van der Waals surface area (Å²) in [6.45, 7) is 9.46. The molecule has 0 saturated carbocycles. The van der Waals surface area contributed by atoms with Crippen molar-refractivity contribution in [3.05, 3.63) is 16.4 Å². The van der Waals surface area contributed by atoms with Crippen LogP contribution in [0.25, 0.3) is 0 Å². The predicted octanol–water partition coefficient (Wildman–Crippen LogP) is 2.53. The van der Waals surface area contributed by atoms with Gasteiger partial charge in [0.15, 0.2) is 0 Å². The summed E-state index contributed by atoms with van der Waals surface area (Å²) in [5, 5.41) is 8.34. The van der Waals surface area contributed by atoms with Crippen molar-refractivity contribution in [2.45, 2.75) is 33.7 Å². The van der Waals surface area contributed by atoms with Gasteiger partial charge >= 0.3 is 0 Å². The lowest BCUT2D eigenvalue weighted by molar-refractivity contribution is 0.125. The average Bonchev–Trinajstić information content (AvgIpc) is 2.53. The predicted molar refractivity (Wildman–Crippen MR) is 74.9 cm³/mol. The van der Waals surface area contributed by atoms with Gasteiger partial charge in [-0.25, -0.2) is 0 Å². The molecule has 1 aromatic heterocycles. The first-order valence-corrected chi connectivity index (χ1v) is 6.86. The molecule has 0 spiro atoms. The maximum Gasteiger partial charge on any atom is 0.0860 e. The van der Waals surface area contributed by atoms with Crippen molar-refractivity contribution in [1.29, 1.82) is 0 Å². The molecule has 0 aromatic carbocycles. The Kier molecular flexibility index (Phi) is 6.68. The molecule has 0 amide bonds. The second kappa shape index (κ2) is 7.77. The lowest BCUT2D eigenvalue weighted by Gasteiger charge is -2.08. The van der Waals surface area contributed by atoms with Gasteiger partial charge in [-0.1, -0.05) is 25.4 Å². The van der Waals surface area contributed by atoms with E-state index in [9.17, 15) is 0 Å². The van der Waals surface area contributed by atoms with Gasteiger partial charge in [0.2, 0.25) is 0 Å². The van der Waals surface area contributed by atoms with Crippen molar-refractivity contribution >= 4 is 11.6 Å². The molecule has 1 N–H and O–H groups in total. The minimum absolute atomic E-state index is 0.703. The fourth-order valence-corrected chi connectivity index (χ4v) is 1.87. The molecule has 0 aliphatic heterocycles. The van der Waals surface area contributed by atoms with E-state index >= 15 is 0 Å². The van der Waals surface area contributed by atoms with Gasteiger partial charge in [-0.15, -0.1) is 0 Å². The molecule has 4 nitrogen and oxygen atoms in total. The molecule has 0 atom stereocenters. The first-order valence-electron chi connectivity index (χ1n) is 6.48. The number of rotatable bonds is 8. The molecule has 104 valence electrons. The number of halogens is 1. The fraction of sp³-hybridized carbons (Fsp3) is 0.769. The smallest absolute Gasteiger partial charge is 0.0860 e. The zero-order valence-corrected chi connectivity index (χ0v) is 12.5. The first kappa shape index (κ1) is 15.5. The van der Waals surface area contributed by atoms with Gasteiger partial charge in [0, 0.05) is 26.7 Å². The van der Waals surface area contributed by atoms with Crippen molar-refractivity contribution in [1.82, 2.24) is 15.1 Å². The number of hydrogen-bond acceptors (Lipinski definition) is 3. The van der Waals surface area contributed by atoms with E-state index in [0.717, 1.165) is 49.1 Å². The van der Waals surface area contributed by atoms with Gasteiger partial charge < -0.3 is 10.1 Å². The summed E-state index contributed by atoms with van der Waals surface area (Å²) < 4.78 is 7.35. The fourth-order valence-electron chi connectivity index (χ4n) is 1.64. The van der Waals surface area contributed by atoms with Crippen LogP contribution in [-0.2, 0) is 18.3 Å². The second-order valence-corrected chi connectivity index (χ2v) is 5.32. The van der Waals surface area contributed by atoms with Crippen molar-refractivity contribution in [3.8, 4) is 0 Å². The third-order valence-electron chi connectivity index (χ3n) is 2.82. The Morgan fingerprint density at radius 3 is 2.67 bits per heavy atom. The maximum absolute atomic E-state index is 6.16. The van der Waals surface area contributed by atoms with Crippen LogP contribution in [0.3, 0.4) is 0 Å². The van der Waals surface area contributed by atoms with Crippen LogP contribution in [0.4, 0.5) is 0 Å². The molecule has 1 aromatic rings. The number of aromatic nitrogens is 2. The molecular weight excluding hydrogens is 250 g/mol. The van der Waals surface area contributed by atoms with Crippen LogP contribution in [0.1, 0.15) is 31.7 Å². The van der Waals surface area contributed by atoms with Crippen LogP contribution in [0, 0.1) is 12.8 Å². The van der Waals surface area contributed by atoms with Gasteiger partial charge in [0.1, 0.15) is 0 Å². The Bertz CT molecular complexity index is 363. The molecule has 0 unspecified atom stereocenters. The number of nitrogens with one attached hydrogen (secondary N) is 1. The number of nitrogens with zero attached hydrogens (tertiary/aromatic N) is 2.